The molecule has 6 bridgehead atoms. The fraction of sp³-hybridized carbons (Fsp3) is 0.214. The van der Waals surface area contributed by atoms with E-state index in [4.69, 9.17) is 4.74 Å². The maximum Gasteiger partial charge on any atom is 0.272 e. The summed E-state index contributed by atoms with van der Waals surface area (Å²) in [6.07, 6.45) is 3.16. The molecule has 37 heavy (non-hydrogen) atoms. The lowest BCUT2D eigenvalue weighted by Crippen LogP contribution is -2.52. The normalized spacial score (nSPS) is 18.0. The highest BCUT2D eigenvalue weighted by atomic mass is 35.5. The molecule has 1 aromatic heterocycles. The van der Waals surface area contributed by atoms with E-state index in [1.165, 1.54) is 0 Å². The minimum Gasteiger partial charge on any atom is -0.456 e. The zero-order chi connectivity index (χ0) is 24.4. The van der Waals surface area contributed by atoms with Crippen molar-refractivity contribution in [3.8, 4) is 17.6 Å². The number of halogens is 1. The van der Waals surface area contributed by atoms with Gasteiger partial charge in [0.1, 0.15) is 35.6 Å². The lowest BCUT2D eigenvalue weighted by atomic mass is 10.0. The van der Waals surface area contributed by atoms with Gasteiger partial charge in [0.15, 0.2) is 0 Å². The molecule has 1 atom stereocenters. The number of ether oxygens (including phenoxy) is 1. The Hall–Kier alpha value is -4.35. The van der Waals surface area contributed by atoms with Gasteiger partial charge in [-0.1, -0.05) is 24.3 Å². The van der Waals surface area contributed by atoms with E-state index in [1.54, 1.807) is 22.1 Å². The summed E-state index contributed by atoms with van der Waals surface area (Å²) in [5.74, 6) is 1.58. The van der Waals surface area contributed by atoms with Gasteiger partial charge in [0.2, 0.25) is 5.91 Å². The van der Waals surface area contributed by atoms with Crippen molar-refractivity contribution in [1.29, 1.82) is 5.26 Å². The number of fused-ring (bicyclic) bond motifs is 2. The summed E-state index contributed by atoms with van der Waals surface area (Å²) in [4.78, 5) is 34.8. The molecule has 0 aliphatic carbocycles. The number of rotatable bonds is 0. The average molecular weight is 512 g/mol. The van der Waals surface area contributed by atoms with Crippen LogP contribution in [0.3, 0.4) is 0 Å². The van der Waals surface area contributed by atoms with Crippen molar-refractivity contribution < 1.29 is 14.3 Å². The van der Waals surface area contributed by atoms with E-state index in [0.29, 0.717) is 35.8 Å². The van der Waals surface area contributed by atoms with Crippen molar-refractivity contribution in [3.63, 3.8) is 0 Å². The van der Waals surface area contributed by atoms with E-state index < -0.39 is 0 Å². The van der Waals surface area contributed by atoms with Crippen LogP contribution in [0.25, 0.3) is 10.8 Å². The third kappa shape index (κ3) is 3.54. The van der Waals surface area contributed by atoms with Crippen LogP contribution in [0.4, 0.5) is 5.69 Å². The molecule has 0 spiro atoms. The number of amides is 2. The van der Waals surface area contributed by atoms with E-state index in [2.05, 4.69) is 11.1 Å². The second-order valence-corrected chi connectivity index (χ2v) is 9.39. The number of nitrogens with zero attached hydrogens (tertiary/aromatic N) is 5. The topological polar surface area (TPSA) is 91.5 Å². The standard InChI is InChI=1S/C28H21N5O3.ClH/c29-14-19-5-4-18-12-25(19)36-20-7-6-17-2-1-3-23(21(17)13-20)32-11-10-31(16-27(32)34)28(35)24-15-30-26-9-8-22(18)33(24)26;/h1-7,12-13,15,22H,8-11,16H2;1H. The van der Waals surface area contributed by atoms with Crippen molar-refractivity contribution in [2.45, 2.75) is 18.9 Å². The summed E-state index contributed by atoms with van der Waals surface area (Å²) in [5, 5.41) is 11.6. The molecule has 4 aliphatic heterocycles. The number of piperazine rings is 1. The Kier molecular flexibility index (Phi) is 5.39. The lowest BCUT2D eigenvalue weighted by molar-refractivity contribution is -0.120. The van der Waals surface area contributed by atoms with Crippen molar-refractivity contribution in [1.82, 2.24) is 14.5 Å². The van der Waals surface area contributed by atoms with Crippen molar-refractivity contribution in [2.75, 3.05) is 24.5 Å². The van der Waals surface area contributed by atoms with Gasteiger partial charge in [-0.05, 0) is 47.7 Å². The Morgan fingerprint density at radius 1 is 1.05 bits per heavy atom. The first-order chi connectivity index (χ1) is 17.6. The van der Waals surface area contributed by atoms with Gasteiger partial charge < -0.3 is 19.1 Å². The van der Waals surface area contributed by atoms with Crippen LogP contribution < -0.4 is 9.64 Å². The van der Waals surface area contributed by atoms with Gasteiger partial charge in [-0.3, -0.25) is 9.59 Å². The molecule has 0 saturated carbocycles. The fourth-order valence-corrected chi connectivity index (χ4v) is 5.65. The monoisotopic (exact) mass is 511 g/mol. The first-order valence-corrected chi connectivity index (χ1v) is 12.0. The smallest absolute Gasteiger partial charge is 0.272 e. The van der Waals surface area contributed by atoms with Gasteiger partial charge in [0, 0.05) is 24.9 Å². The highest BCUT2D eigenvalue weighted by molar-refractivity contribution is 6.07. The fourth-order valence-electron chi connectivity index (χ4n) is 5.65. The molecule has 3 aromatic carbocycles. The summed E-state index contributed by atoms with van der Waals surface area (Å²) < 4.78 is 8.27. The SMILES string of the molecule is Cl.N#Cc1ccc2cc1Oc1ccc3cccc(c3c1)N1CCN(CC1=O)C(=O)c1cnc3n1C2CC3. The molecule has 2 amide bonds. The quantitative estimate of drug-likeness (QED) is 0.347. The third-order valence-corrected chi connectivity index (χ3v) is 7.41. The van der Waals surface area contributed by atoms with Crippen LogP contribution in [0.2, 0.25) is 0 Å². The molecular weight excluding hydrogens is 490 g/mol. The minimum absolute atomic E-state index is 0. The summed E-state index contributed by atoms with van der Waals surface area (Å²) >= 11 is 0. The number of carbonyl (C=O) groups is 2. The average Bonchev–Trinajstić information content (AvgIpc) is 3.50. The first kappa shape index (κ1) is 23.1. The molecule has 4 aromatic rings. The highest BCUT2D eigenvalue weighted by Crippen LogP contribution is 2.38. The second-order valence-electron chi connectivity index (χ2n) is 9.39. The van der Waals surface area contributed by atoms with Gasteiger partial charge >= 0.3 is 0 Å². The van der Waals surface area contributed by atoms with Gasteiger partial charge in [0.05, 0.1) is 23.5 Å². The highest BCUT2D eigenvalue weighted by Gasteiger charge is 2.35. The van der Waals surface area contributed by atoms with Crippen LogP contribution in [-0.2, 0) is 11.2 Å². The molecule has 4 aliphatic rings. The minimum atomic E-state index is -0.189. The molecule has 1 saturated heterocycles. The van der Waals surface area contributed by atoms with Crippen molar-refractivity contribution in [2.24, 2.45) is 0 Å². The summed E-state index contributed by atoms with van der Waals surface area (Å²) in [5.41, 5.74) is 2.64. The molecule has 0 radical (unpaired) electrons. The molecule has 184 valence electrons. The summed E-state index contributed by atoms with van der Waals surface area (Å²) in [6.45, 7) is 0.845. The van der Waals surface area contributed by atoms with Crippen molar-refractivity contribution >= 4 is 40.7 Å². The zero-order valence-electron chi connectivity index (χ0n) is 19.8. The van der Waals surface area contributed by atoms with Crippen LogP contribution in [-0.4, -0.2) is 45.9 Å². The van der Waals surface area contributed by atoms with E-state index in [1.807, 2.05) is 53.1 Å². The Bertz CT molecular complexity index is 1640. The van der Waals surface area contributed by atoms with Crippen molar-refractivity contribution in [3.05, 3.63) is 83.4 Å². The third-order valence-electron chi connectivity index (χ3n) is 7.41. The number of imidazole rings is 1. The number of hydrogen-bond donors (Lipinski definition) is 0. The predicted octanol–water partition coefficient (Wildman–Crippen LogP) is 4.46. The van der Waals surface area contributed by atoms with Gasteiger partial charge in [0.25, 0.3) is 5.91 Å². The molecule has 0 N–H and O–H groups in total. The van der Waals surface area contributed by atoms with E-state index in [0.717, 1.165) is 40.7 Å². The Balaban J connectivity index is 0.00000252. The Morgan fingerprint density at radius 2 is 1.95 bits per heavy atom. The van der Waals surface area contributed by atoms with Crippen LogP contribution in [0, 0.1) is 11.3 Å². The molecule has 5 heterocycles. The molecule has 8 rings (SSSR count). The number of hydrogen-bond acceptors (Lipinski definition) is 5. The molecule has 1 fully saturated rings. The number of anilines is 1. The number of aromatic nitrogens is 2. The number of carbonyl (C=O) groups excluding carboxylic acids is 2. The first-order valence-electron chi connectivity index (χ1n) is 12.0. The van der Waals surface area contributed by atoms with E-state index >= 15 is 0 Å². The van der Waals surface area contributed by atoms with Crippen LogP contribution in [0.15, 0.2) is 60.8 Å². The van der Waals surface area contributed by atoms with Gasteiger partial charge in [-0.25, -0.2) is 4.98 Å². The second kappa shape index (κ2) is 8.64. The van der Waals surface area contributed by atoms with Crippen LogP contribution in [0.1, 0.15) is 39.9 Å². The lowest BCUT2D eigenvalue weighted by Gasteiger charge is -2.35. The maximum absolute atomic E-state index is 13.6. The molecule has 1 unspecified atom stereocenters. The van der Waals surface area contributed by atoms with Crippen LogP contribution in [0.5, 0.6) is 11.5 Å². The Labute approximate surface area is 219 Å². The largest absolute Gasteiger partial charge is 0.456 e. The maximum atomic E-state index is 13.6. The van der Waals surface area contributed by atoms with Crippen LogP contribution >= 0.6 is 12.4 Å². The number of benzene rings is 3. The molecule has 9 heteroatoms. The van der Waals surface area contributed by atoms with Gasteiger partial charge in [-0.2, -0.15) is 5.26 Å². The summed E-state index contributed by atoms with van der Waals surface area (Å²) in [7, 11) is 0. The van der Waals surface area contributed by atoms with E-state index in [-0.39, 0.29) is 36.8 Å². The number of nitriles is 1. The predicted molar refractivity (Wildman–Crippen MR) is 139 cm³/mol. The molecule has 8 nitrogen and oxygen atoms in total. The van der Waals surface area contributed by atoms with Gasteiger partial charge in [-0.15, -0.1) is 12.4 Å². The Morgan fingerprint density at radius 3 is 2.78 bits per heavy atom. The zero-order valence-corrected chi connectivity index (χ0v) is 20.6. The molecular formula is C28H22ClN5O3. The van der Waals surface area contributed by atoms with E-state index in [9.17, 15) is 14.9 Å². The number of aryl methyl sites for hydroxylation is 1. The summed E-state index contributed by atoms with van der Waals surface area (Å²) in [6, 6.07) is 19.3.